The first kappa shape index (κ1) is 25.5. The molecule has 3 heteroatoms. The lowest BCUT2D eigenvalue weighted by Gasteiger charge is -2.38. The van der Waals surface area contributed by atoms with Crippen LogP contribution in [0.1, 0.15) is 89.5 Å². The molecule has 3 aliphatic carbocycles. The van der Waals surface area contributed by atoms with Crippen molar-refractivity contribution >= 4 is 6.08 Å². The van der Waals surface area contributed by atoms with E-state index in [2.05, 4.69) is 25.7 Å². The highest BCUT2D eigenvalue weighted by atomic mass is 19.1. The zero-order chi connectivity index (χ0) is 23.8. The second-order valence-corrected chi connectivity index (χ2v) is 11.1. The van der Waals surface area contributed by atoms with Gasteiger partial charge in [0, 0.05) is 5.92 Å². The number of allylic oxidation sites excluding steroid dienone is 1. The van der Waals surface area contributed by atoms with Crippen LogP contribution in [0.2, 0.25) is 0 Å². The zero-order valence-corrected chi connectivity index (χ0v) is 21.2. The summed E-state index contributed by atoms with van der Waals surface area (Å²) in [6, 6.07) is 5.08. The Morgan fingerprint density at radius 2 is 1.56 bits per heavy atom. The first-order valence-electron chi connectivity index (χ1n) is 14.0. The maximum atomic E-state index is 14.1. The average molecular weight is 469 g/mol. The molecule has 2 nitrogen and oxygen atoms in total. The molecule has 3 aliphatic rings. The van der Waals surface area contributed by atoms with Crippen LogP contribution in [0.15, 0.2) is 36.9 Å². The number of rotatable bonds is 10. The molecule has 0 aliphatic heterocycles. The molecule has 1 aromatic rings. The van der Waals surface area contributed by atoms with Gasteiger partial charge in [0.15, 0.2) is 11.6 Å². The molecule has 2 fully saturated rings. The standard InChI is InChI=1S/C31H45FO2/c1-3-5-24-6-8-25(9-7-24)21-33-29-17-15-28(16-18-29)27-13-10-26(11-14-27)22-34-31-19-12-23(4-2)20-30(31)32/h4,6,8,12,19-20,24-29H,2-3,5,7,9-11,13-18,21-22H2,1H3. The number of halogens is 1. The maximum absolute atomic E-state index is 14.1. The first-order valence-corrected chi connectivity index (χ1v) is 14.0. The molecule has 0 N–H and O–H groups in total. The second-order valence-electron chi connectivity index (χ2n) is 11.1. The Kier molecular flexibility index (Phi) is 9.67. The van der Waals surface area contributed by atoms with Crippen LogP contribution in [0.5, 0.6) is 5.75 Å². The van der Waals surface area contributed by atoms with E-state index >= 15 is 0 Å². The van der Waals surface area contributed by atoms with Crippen LogP contribution in [0.3, 0.4) is 0 Å². The SMILES string of the molecule is C=Cc1ccc(OCC2CCC(C3CCC(OCC4C=CC(CCC)CC4)CC3)CC2)c(F)c1. The fourth-order valence-electron chi connectivity index (χ4n) is 6.47. The maximum Gasteiger partial charge on any atom is 0.165 e. The number of benzene rings is 1. The van der Waals surface area contributed by atoms with Gasteiger partial charge in [0.1, 0.15) is 0 Å². The van der Waals surface area contributed by atoms with Crippen molar-refractivity contribution in [2.24, 2.45) is 29.6 Å². The van der Waals surface area contributed by atoms with E-state index in [1.165, 1.54) is 83.1 Å². The van der Waals surface area contributed by atoms with Crippen LogP contribution in [-0.4, -0.2) is 19.3 Å². The molecule has 1 aromatic carbocycles. The largest absolute Gasteiger partial charge is 0.490 e. The highest BCUT2D eigenvalue weighted by molar-refractivity contribution is 5.48. The van der Waals surface area contributed by atoms with E-state index in [4.69, 9.17) is 9.47 Å². The Balaban J connectivity index is 1.11. The molecule has 34 heavy (non-hydrogen) atoms. The molecule has 4 rings (SSSR count). The lowest BCUT2D eigenvalue weighted by Crippen LogP contribution is -2.30. The highest BCUT2D eigenvalue weighted by Crippen LogP contribution is 2.41. The summed E-state index contributed by atoms with van der Waals surface area (Å²) in [5, 5.41) is 0. The summed E-state index contributed by atoms with van der Waals surface area (Å²) in [6.07, 6.45) is 22.4. The minimum Gasteiger partial charge on any atom is -0.490 e. The van der Waals surface area contributed by atoms with Gasteiger partial charge in [-0.2, -0.15) is 0 Å². The van der Waals surface area contributed by atoms with Crippen LogP contribution in [0, 0.1) is 35.4 Å². The van der Waals surface area contributed by atoms with E-state index in [9.17, 15) is 4.39 Å². The van der Waals surface area contributed by atoms with Gasteiger partial charge in [-0.3, -0.25) is 0 Å². The molecule has 2 saturated carbocycles. The molecule has 0 heterocycles. The molecule has 0 saturated heterocycles. The van der Waals surface area contributed by atoms with Crippen molar-refractivity contribution < 1.29 is 13.9 Å². The van der Waals surface area contributed by atoms with Crippen molar-refractivity contribution in [3.8, 4) is 5.75 Å². The third kappa shape index (κ3) is 7.20. The lowest BCUT2D eigenvalue weighted by molar-refractivity contribution is -0.00607. The summed E-state index contributed by atoms with van der Waals surface area (Å²) in [4.78, 5) is 0. The summed E-state index contributed by atoms with van der Waals surface area (Å²) in [6.45, 7) is 7.53. The van der Waals surface area contributed by atoms with Crippen LogP contribution >= 0.6 is 0 Å². The molecule has 0 bridgehead atoms. The fraction of sp³-hybridized carbons (Fsp3) is 0.677. The average Bonchev–Trinajstić information content (AvgIpc) is 2.88. The predicted octanol–water partition coefficient (Wildman–Crippen LogP) is 8.61. The summed E-state index contributed by atoms with van der Waals surface area (Å²) in [5.41, 5.74) is 0.789. The Hall–Kier alpha value is -1.61. The quantitative estimate of drug-likeness (QED) is 0.320. The summed E-state index contributed by atoms with van der Waals surface area (Å²) in [7, 11) is 0. The molecular weight excluding hydrogens is 423 g/mol. The van der Waals surface area contributed by atoms with Gasteiger partial charge in [-0.1, -0.05) is 44.2 Å². The number of ether oxygens (including phenoxy) is 2. The van der Waals surface area contributed by atoms with Gasteiger partial charge in [-0.25, -0.2) is 4.39 Å². The van der Waals surface area contributed by atoms with Crippen molar-refractivity contribution in [2.75, 3.05) is 13.2 Å². The van der Waals surface area contributed by atoms with E-state index in [1.54, 1.807) is 12.1 Å². The molecule has 0 radical (unpaired) electrons. The highest BCUT2D eigenvalue weighted by Gasteiger charge is 2.31. The van der Waals surface area contributed by atoms with Crippen molar-refractivity contribution in [1.29, 1.82) is 0 Å². The monoisotopic (exact) mass is 468 g/mol. The second kappa shape index (κ2) is 12.9. The van der Waals surface area contributed by atoms with E-state index in [1.807, 2.05) is 6.07 Å². The number of hydrogen-bond acceptors (Lipinski definition) is 2. The van der Waals surface area contributed by atoms with Gasteiger partial charge in [-0.15, -0.1) is 0 Å². The van der Waals surface area contributed by atoms with E-state index in [0.29, 0.717) is 30.3 Å². The Morgan fingerprint density at radius 3 is 2.18 bits per heavy atom. The van der Waals surface area contributed by atoms with Crippen LogP contribution in [0.4, 0.5) is 4.39 Å². The van der Waals surface area contributed by atoms with Crippen LogP contribution < -0.4 is 4.74 Å². The van der Waals surface area contributed by atoms with E-state index in [0.717, 1.165) is 29.9 Å². The Labute approximate surface area is 207 Å². The van der Waals surface area contributed by atoms with E-state index < -0.39 is 0 Å². The first-order chi connectivity index (χ1) is 16.6. The zero-order valence-electron chi connectivity index (χ0n) is 21.2. The predicted molar refractivity (Wildman–Crippen MR) is 139 cm³/mol. The fourth-order valence-corrected chi connectivity index (χ4v) is 6.47. The number of hydrogen-bond donors (Lipinski definition) is 0. The van der Waals surface area contributed by atoms with Gasteiger partial charge in [0.25, 0.3) is 0 Å². The molecule has 2 atom stereocenters. The summed E-state index contributed by atoms with van der Waals surface area (Å²) in [5.74, 6) is 3.81. The molecular formula is C31H45FO2. The van der Waals surface area contributed by atoms with Crippen molar-refractivity contribution in [3.63, 3.8) is 0 Å². The normalized spacial score (nSPS) is 31.8. The molecule has 0 spiro atoms. The van der Waals surface area contributed by atoms with Gasteiger partial charge in [0.05, 0.1) is 19.3 Å². The van der Waals surface area contributed by atoms with Gasteiger partial charge in [-0.05, 0) is 112 Å². The van der Waals surface area contributed by atoms with Crippen molar-refractivity contribution in [1.82, 2.24) is 0 Å². The summed E-state index contributed by atoms with van der Waals surface area (Å²) >= 11 is 0. The minimum absolute atomic E-state index is 0.287. The van der Waals surface area contributed by atoms with Crippen LogP contribution in [0.25, 0.3) is 6.08 Å². The van der Waals surface area contributed by atoms with Gasteiger partial charge < -0.3 is 9.47 Å². The Morgan fingerprint density at radius 1 is 0.882 bits per heavy atom. The van der Waals surface area contributed by atoms with Gasteiger partial charge in [0.2, 0.25) is 0 Å². The Bertz CT molecular complexity index is 787. The third-order valence-corrected chi connectivity index (χ3v) is 8.71. The van der Waals surface area contributed by atoms with Crippen molar-refractivity contribution in [2.45, 2.75) is 90.1 Å². The van der Waals surface area contributed by atoms with Gasteiger partial charge >= 0.3 is 0 Å². The lowest BCUT2D eigenvalue weighted by atomic mass is 9.70. The smallest absolute Gasteiger partial charge is 0.165 e. The third-order valence-electron chi connectivity index (χ3n) is 8.71. The van der Waals surface area contributed by atoms with Crippen molar-refractivity contribution in [3.05, 3.63) is 48.3 Å². The summed E-state index contributed by atoms with van der Waals surface area (Å²) < 4.78 is 26.3. The molecule has 188 valence electrons. The minimum atomic E-state index is -0.287. The topological polar surface area (TPSA) is 18.5 Å². The molecule has 0 aromatic heterocycles. The molecule has 2 unspecified atom stereocenters. The molecule has 0 amide bonds. The van der Waals surface area contributed by atoms with Crippen LogP contribution in [-0.2, 0) is 4.74 Å². The van der Waals surface area contributed by atoms with E-state index in [-0.39, 0.29) is 5.82 Å².